The van der Waals surface area contributed by atoms with Crippen molar-refractivity contribution in [3.8, 4) is 0 Å². The smallest absolute Gasteiger partial charge is 0.413 e. The zero-order chi connectivity index (χ0) is 23.5. The Kier molecular flexibility index (Phi) is 6.78. The number of hydrogen-bond donors (Lipinski definition) is 1. The number of nitrogens with zero attached hydrogens (tertiary/aromatic N) is 4. The number of nitrogens with one attached hydrogen (secondary N) is 1. The van der Waals surface area contributed by atoms with E-state index in [9.17, 15) is 9.59 Å². The molecule has 0 atom stereocenters. The first-order chi connectivity index (χ1) is 15.9. The van der Waals surface area contributed by atoms with E-state index in [2.05, 4.69) is 34.0 Å². The van der Waals surface area contributed by atoms with Gasteiger partial charge in [-0.1, -0.05) is 0 Å². The predicted molar refractivity (Wildman–Crippen MR) is 132 cm³/mol. The van der Waals surface area contributed by atoms with Crippen LogP contribution in [0, 0.1) is 19.8 Å². The van der Waals surface area contributed by atoms with Gasteiger partial charge in [-0.3, -0.25) is 9.69 Å². The van der Waals surface area contributed by atoms with E-state index in [0.29, 0.717) is 18.0 Å². The minimum Gasteiger partial charge on any atom is -0.449 e. The van der Waals surface area contributed by atoms with E-state index in [1.807, 2.05) is 0 Å². The van der Waals surface area contributed by atoms with Gasteiger partial charge in [0.2, 0.25) is 5.91 Å². The van der Waals surface area contributed by atoms with Gasteiger partial charge in [0.05, 0.1) is 12.0 Å². The SMILES string of the molecule is CCOC(=O)N(C)c1ccc(NC(=O)C2CCN(c3ncnc4sc(C)c(C)c34)CC2)cc1. The fourth-order valence-corrected chi connectivity index (χ4v) is 5.09. The molecule has 0 radical (unpaired) electrons. The third-order valence-electron chi connectivity index (χ3n) is 6.17. The molecular formula is C24H29N5O3S. The highest BCUT2D eigenvalue weighted by Gasteiger charge is 2.27. The third kappa shape index (κ3) is 4.78. The van der Waals surface area contributed by atoms with Crippen molar-refractivity contribution >= 4 is 50.7 Å². The minimum absolute atomic E-state index is 0.0246. The molecule has 0 bridgehead atoms. The highest BCUT2D eigenvalue weighted by atomic mass is 32.1. The van der Waals surface area contributed by atoms with Gasteiger partial charge in [-0.2, -0.15) is 0 Å². The molecule has 1 aliphatic heterocycles. The molecule has 1 aliphatic rings. The molecule has 1 N–H and O–H groups in total. The van der Waals surface area contributed by atoms with Gasteiger partial charge in [0.25, 0.3) is 0 Å². The summed E-state index contributed by atoms with van der Waals surface area (Å²) >= 11 is 1.70. The molecule has 1 saturated heterocycles. The van der Waals surface area contributed by atoms with Crippen LogP contribution in [0.2, 0.25) is 0 Å². The maximum absolute atomic E-state index is 12.9. The van der Waals surface area contributed by atoms with Crippen LogP contribution in [-0.4, -0.2) is 48.7 Å². The molecule has 33 heavy (non-hydrogen) atoms. The lowest BCUT2D eigenvalue weighted by Crippen LogP contribution is -2.38. The second-order valence-corrected chi connectivity index (χ2v) is 9.42. The summed E-state index contributed by atoms with van der Waals surface area (Å²) in [6.45, 7) is 7.89. The Hall–Kier alpha value is -3.20. The quantitative estimate of drug-likeness (QED) is 0.582. The number of carbonyl (C=O) groups is 2. The van der Waals surface area contributed by atoms with Gasteiger partial charge in [0, 0.05) is 42.3 Å². The van der Waals surface area contributed by atoms with Crippen molar-refractivity contribution in [3.05, 3.63) is 41.0 Å². The predicted octanol–water partition coefficient (Wildman–Crippen LogP) is 4.76. The summed E-state index contributed by atoms with van der Waals surface area (Å²) in [4.78, 5) is 39.7. The van der Waals surface area contributed by atoms with Gasteiger partial charge in [-0.15, -0.1) is 11.3 Å². The first-order valence-corrected chi connectivity index (χ1v) is 12.0. The Balaban J connectivity index is 1.36. The van der Waals surface area contributed by atoms with E-state index in [1.165, 1.54) is 15.3 Å². The average molecular weight is 468 g/mol. The first-order valence-electron chi connectivity index (χ1n) is 11.2. The molecule has 4 rings (SSSR count). The van der Waals surface area contributed by atoms with Crippen molar-refractivity contribution in [2.24, 2.45) is 5.92 Å². The fraction of sp³-hybridized carbons (Fsp3) is 0.417. The molecule has 8 nitrogen and oxygen atoms in total. The second-order valence-electron chi connectivity index (χ2n) is 8.22. The molecule has 1 aromatic carbocycles. The van der Waals surface area contributed by atoms with E-state index >= 15 is 0 Å². The Bertz CT molecular complexity index is 1150. The molecule has 2 amide bonds. The van der Waals surface area contributed by atoms with E-state index in [4.69, 9.17) is 4.74 Å². The number of anilines is 3. The van der Waals surface area contributed by atoms with Crippen molar-refractivity contribution in [2.75, 3.05) is 41.9 Å². The number of carbonyl (C=O) groups excluding carboxylic acids is 2. The molecule has 0 saturated carbocycles. The second kappa shape index (κ2) is 9.74. The fourth-order valence-electron chi connectivity index (χ4n) is 4.10. The van der Waals surface area contributed by atoms with E-state index in [1.54, 1.807) is 55.9 Å². The lowest BCUT2D eigenvalue weighted by Gasteiger charge is -2.32. The molecule has 0 unspecified atom stereocenters. The molecule has 0 spiro atoms. The topological polar surface area (TPSA) is 87.7 Å². The number of thiophene rings is 1. The van der Waals surface area contributed by atoms with Crippen molar-refractivity contribution in [2.45, 2.75) is 33.6 Å². The summed E-state index contributed by atoms with van der Waals surface area (Å²) < 4.78 is 5.01. The molecule has 174 valence electrons. The summed E-state index contributed by atoms with van der Waals surface area (Å²) in [5, 5.41) is 4.15. The summed E-state index contributed by atoms with van der Waals surface area (Å²) in [6.07, 6.45) is 2.76. The maximum atomic E-state index is 12.9. The number of aryl methyl sites for hydroxylation is 2. The normalized spacial score (nSPS) is 14.4. The van der Waals surface area contributed by atoms with Crippen LogP contribution in [0.4, 0.5) is 22.0 Å². The zero-order valence-corrected chi connectivity index (χ0v) is 20.2. The molecule has 0 aliphatic carbocycles. The van der Waals surface area contributed by atoms with Crippen LogP contribution in [0.15, 0.2) is 30.6 Å². The minimum atomic E-state index is -0.408. The standard InChI is InChI=1S/C24H29N5O3S/c1-5-32-24(31)28(4)19-8-6-18(7-9-19)27-22(30)17-10-12-29(13-11-17)21-20-15(2)16(3)33-23(20)26-14-25-21/h6-9,14,17H,5,10-13H2,1-4H3,(H,27,30). The zero-order valence-electron chi connectivity index (χ0n) is 19.4. The van der Waals surface area contributed by atoms with Crippen molar-refractivity contribution < 1.29 is 14.3 Å². The molecule has 3 aromatic rings. The highest BCUT2D eigenvalue weighted by molar-refractivity contribution is 7.18. The number of benzene rings is 1. The number of rotatable bonds is 5. The maximum Gasteiger partial charge on any atom is 0.413 e. The third-order valence-corrected chi connectivity index (χ3v) is 7.29. The Morgan fingerprint density at radius 1 is 1.18 bits per heavy atom. The van der Waals surface area contributed by atoms with Gasteiger partial charge in [-0.25, -0.2) is 14.8 Å². The van der Waals surface area contributed by atoms with E-state index < -0.39 is 6.09 Å². The molecule has 2 aromatic heterocycles. The van der Waals surface area contributed by atoms with Crippen LogP contribution in [0.3, 0.4) is 0 Å². The molecule has 3 heterocycles. The Morgan fingerprint density at radius 2 is 1.88 bits per heavy atom. The lowest BCUT2D eigenvalue weighted by atomic mass is 9.95. The number of amides is 2. The van der Waals surface area contributed by atoms with Crippen LogP contribution in [0.1, 0.15) is 30.2 Å². The lowest BCUT2D eigenvalue weighted by molar-refractivity contribution is -0.120. The number of fused-ring (bicyclic) bond motifs is 1. The largest absolute Gasteiger partial charge is 0.449 e. The molecule has 9 heteroatoms. The van der Waals surface area contributed by atoms with Crippen molar-refractivity contribution in [3.63, 3.8) is 0 Å². The van der Waals surface area contributed by atoms with Crippen LogP contribution in [0.25, 0.3) is 10.2 Å². The van der Waals surface area contributed by atoms with Crippen LogP contribution >= 0.6 is 11.3 Å². The number of hydrogen-bond acceptors (Lipinski definition) is 7. The van der Waals surface area contributed by atoms with Crippen LogP contribution < -0.4 is 15.1 Å². The number of ether oxygens (including phenoxy) is 1. The van der Waals surface area contributed by atoms with Gasteiger partial charge in [0.1, 0.15) is 17.0 Å². The van der Waals surface area contributed by atoms with Crippen LogP contribution in [-0.2, 0) is 9.53 Å². The van der Waals surface area contributed by atoms with E-state index in [0.717, 1.165) is 42.0 Å². The first kappa shape index (κ1) is 23.0. The molecule has 1 fully saturated rings. The van der Waals surface area contributed by atoms with Crippen molar-refractivity contribution in [1.29, 1.82) is 0 Å². The average Bonchev–Trinajstić information content (AvgIpc) is 3.13. The summed E-state index contributed by atoms with van der Waals surface area (Å²) in [5.74, 6) is 0.948. The monoisotopic (exact) mass is 467 g/mol. The van der Waals surface area contributed by atoms with Gasteiger partial charge >= 0.3 is 6.09 Å². The Morgan fingerprint density at radius 3 is 2.55 bits per heavy atom. The number of aromatic nitrogens is 2. The van der Waals surface area contributed by atoms with Gasteiger partial charge in [0.15, 0.2) is 0 Å². The van der Waals surface area contributed by atoms with Crippen molar-refractivity contribution in [1.82, 2.24) is 9.97 Å². The Labute approximate surface area is 197 Å². The van der Waals surface area contributed by atoms with Gasteiger partial charge < -0.3 is 15.0 Å². The summed E-state index contributed by atoms with van der Waals surface area (Å²) in [5.41, 5.74) is 2.66. The number of piperidine rings is 1. The van der Waals surface area contributed by atoms with Crippen LogP contribution in [0.5, 0.6) is 0 Å². The summed E-state index contributed by atoms with van der Waals surface area (Å²) in [7, 11) is 1.66. The van der Waals surface area contributed by atoms with Gasteiger partial charge in [-0.05, 0) is 63.4 Å². The summed E-state index contributed by atoms with van der Waals surface area (Å²) in [6, 6.07) is 7.19. The highest BCUT2D eigenvalue weighted by Crippen LogP contribution is 2.35. The van der Waals surface area contributed by atoms with E-state index in [-0.39, 0.29) is 11.8 Å². The molecular weight excluding hydrogens is 438 g/mol.